The van der Waals surface area contributed by atoms with E-state index in [0.29, 0.717) is 23.5 Å². The summed E-state index contributed by atoms with van der Waals surface area (Å²) in [6.45, 7) is 6.26. The summed E-state index contributed by atoms with van der Waals surface area (Å²) in [5, 5.41) is 2.56. The molecule has 1 aromatic heterocycles. The number of anilines is 1. The average Bonchev–Trinajstić information content (AvgIpc) is 3.08. The topological polar surface area (TPSA) is 51.1 Å². The van der Waals surface area contributed by atoms with E-state index in [4.69, 9.17) is 0 Å². The van der Waals surface area contributed by atoms with Crippen LogP contribution in [-0.2, 0) is 11.3 Å². The largest absolute Gasteiger partial charge is 0.340 e. The fourth-order valence-corrected chi connectivity index (χ4v) is 2.92. The molecule has 27 heavy (non-hydrogen) atoms. The minimum atomic E-state index is -0.746. The van der Waals surface area contributed by atoms with E-state index in [1.54, 1.807) is 29.8 Å². The molecule has 0 saturated carbocycles. The number of halogens is 1. The number of hydrogen-bond donors (Lipinski definition) is 1. The Hall–Kier alpha value is -3.21. The van der Waals surface area contributed by atoms with Gasteiger partial charge in [0.05, 0.1) is 5.69 Å². The Kier molecular flexibility index (Phi) is 5.21. The van der Waals surface area contributed by atoms with Crippen LogP contribution in [-0.4, -0.2) is 16.3 Å². The Bertz CT molecular complexity index is 1020. The molecule has 0 atom stereocenters. The van der Waals surface area contributed by atoms with Crippen molar-refractivity contribution < 1.29 is 14.0 Å². The lowest BCUT2D eigenvalue weighted by Crippen LogP contribution is -2.25. The van der Waals surface area contributed by atoms with Gasteiger partial charge in [0.25, 0.3) is 11.7 Å². The Morgan fingerprint density at radius 3 is 2.44 bits per heavy atom. The van der Waals surface area contributed by atoms with Crippen LogP contribution in [0.15, 0.2) is 54.7 Å². The number of Topliss-reactive ketones (excluding diaryl/α,β-unsaturated/α-hetero) is 1. The normalized spacial score (nSPS) is 10.7. The van der Waals surface area contributed by atoms with Crippen molar-refractivity contribution in [3.05, 3.63) is 88.5 Å². The van der Waals surface area contributed by atoms with Crippen LogP contribution >= 0.6 is 0 Å². The SMILES string of the molecule is Cc1ccc(Cn2cccc2C(=O)C(=O)Nc2ccc(F)cc2C)cc1C. The van der Waals surface area contributed by atoms with Crippen LogP contribution in [0.1, 0.15) is 32.7 Å². The van der Waals surface area contributed by atoms with Gasteiger partial charge in [0, 0.05) is 18.4 Å². The maximum Gasteiger partial charge on any atom is 0.298 e. The Labute approximate surface area is 157 Å². The smallest absolute Gasteiger partial charge is 0.298 e. The van der Waals surface area contributed by atoms with Gasteiger partial charge in [-0.05, 0) is 73.4 Å². The van der Waals surface area contributed by atoms with Crippen LogP contribution < -0.4 is 5.32 Å². The highest BCUT2D eigenvalue weighted by Crippen LogP contribution is 2.17. The standard InChI is InChI=1S/C22H21FN2O2/c1-14-6-7-17(11-15(14)2)13-25-10-4-5-20(25)21(26)22(27)24-19-9-8-18(23)12-16(19)3/h4-12H,13H2,1-3H3,(H,24,27). The van der Waals surface area contributed by atoms with Gasteiger partial charge in [0.15, 0.2) is 0 Å². The van der Waals surface area contributed by atoms with E-state index in [2.05, 4.69) is 11.4 Å². The van der Waals surface area contributed by atoms with Crippen LogP contribution in [0.5, 0.6) is 0 Å². The zero-order chi connectivity index (χ0) is 19.6. The van der Waals surface area contributed by atoms with Crippen molar-refractivity contribution in [2.45, 2.75) is 27.3 Å². The Balaban J connectivity index is 1.78. The summed E-state index contributed by atoms with van der Waals surface area (Å²) in [4.78, 5) is 25.0. The van der Waals surface area contributed by atoms with Gasteiger partial charge in [-0.1, -0.05) is 18.2 Å². The quantitative estimate of drug-likeness (QED) is 0.538. The molecule has 138 valence electrons. The molecule has 0 saturated heterocycles. The molecule has 0 radical (unpaired) electrons. The Morgan fingerprint density at radius 1 is 0.963 bits per heavy atom. The number of aryl methyl sites for hydroxylation is 3. The van der Waals surface area contributed by atoms with Gasteiger partial charge in [-0.3, -0.25) is 9.59 Å². The summed E-state index contributed by atoms with van der Waals surface area (Å²) in [5.74, 6) is -1.77. The van der Waals surface area contributed by atoms with E-state index in [9.17, 15) is 14.0 Å². The summed E-state index contributed by atoms with van der Waals surface area (Å²) in [5.41, 5.74) is 4.72. The average molecular weight is 364 g/mol. The highest BCUT2D eigenvalue weighted by Gasteiger charge is 2.20. The number of aromatic nitrogens is 1. The maximum atomic E-state index is 13.2. The van der Waals surface area contributed by atoms with E-state index in [0.717, 1.165) is 5.56 Å². The van der Waals surface area contributed by atoms with E-state index in [1.807, 2.05) is 26.0 Å². The lowest BCUT2D eigenvalue weighted by molar-refractivity contribution is -0.112. The molecule has 3 rings (SSSR count). The molecule has 2 aromatic carbocycles. The molecule has 0 aliphatic heterocycles. The van der Waals surface area contributed by atoms with Crippen molar-refractivity contribution >= 4 is 17.4 Å². The molecule has 0 bridgehead atoms. The molecular formula is C22H21FN2O2. The number of carbonyl (C=O) groups excluding carboxylic acids is 2. The van der Waals surface area contributed by atoms with Crippen LogP contribution in [0.25, 0.3) is 0 Å². The molecule has 1 N–H and O–H groups in total. The molecule has 0 unspecified atom stereocenters. The highest BCUT2D eigenvalue weighted by molar-refractivity contribution is 6.46. The zero-order valence-electron chi connectivity index (χ0n) is 15.5. The van der Waals surface area contributed by atoms with Crippen molar-refractivity contribution in [1.29, 1.82) is 0 Å². The summed E-state index contributed by atoms with van der Waals surface area (Å²) >= 11 is 0. The Morgan fingerprint density at radius 2 is 1.74 bits per heavy atom. The minimum absolute atomic E-state index is 0.311. The van der Waals surface area contributed by atoms with E-state index < -0.39 is 11.7 Å². The van der Waals surface area contributed by atoms with Crippen molar-refractivity contribution in [2.75, 3.05) is 5.32 Å². The molecule has 3 aromatic rings. The van der Waals surface area contributed by atoms with Gasteiger partial charge in [-0.25, -0.2) is 4.39 Å². The summed E-state index contributed by atoms with van der Waals surface area (Å²) < 4.78 is 15.0. The number of benzene rings is 2. The number of amides is 1. The van der Waals surface area contributed by atoms with E-state index in [-0.39, 0.29) is 5.82 Å². The maximum absolute atomic E-state index is 13.2. The molecule has 0 fully saturated rings. The fraction of sp³-hybridized carbons (Fsp3) is 0.182. The molecule has 0 spiro atoms. The van der Waals surface area contributed by atoms with Gasteiger partial charge in [0.2, 0.25) is 0 Å². The molecule has 0 aliphatic carbocycles. The van der Waals surface area contributed by atoms with E-state index >= 15 is 0 Å². The van der Waals surface area contributed by atoms with Gasteiger partial charge >= 0.3 is 0 Å². The molecule has 5 heteroatoms. The van der Waals surface area contributed by atoms with Crippen molar-refractivity contribution in [3.8, 4) is 0 Å². The number of nitrogens with zero attached hydrogens (tertiary/aromatic N) is 1. The summed E-state index contributed by atoms with van der Waals surface area (Å²) in [6, 6.07) is 13.5. The number of hydrogen-bond acceptors (Lipinski definition) is 2. The molecule has 1 heterocycles. The summed E-state index contributed by atoms with van der Waals surface area (Å²) in [7, 11) is 0. The summed E-state index contributed by atoms with van der Waals surface area (Å²) in [6.07, 6.45) is 1.78. The highest BCUT2D eigenvalue weighted by atomic mass is 19.1. The molecule has 0 aliphatic rings. The second-order valence-corrected chi connectivity index (χ2v) is 6.68. The fourth-order valence-electron chi connectivity index (χ4n) is 2.92. The van der Waals surface area contributed by atoms with E-state index in [1.165, 1.54) is 29.3 Å². The van der Waals surface area contributed by atoms with Gasteiger partial charge in [-0.2, -0.15) is 0 Å². The lowest BCUT2D eigenvalue weighted by atomic mass is 10.1. The van der Waals surface area contributed by atoms with Crippen molar-refractivity contribution in [2.24, 2.45) is 0 Å². The first-order chi connectivity index (χ1) is 12.8. The third-order valence-corrected chi connectivity index (χ3v) is 4.63. The van der Waals surface area contributed by atoms with Crippen LogP contribution in [0, 0.1) is 26.6 Å². The third-order valence-electron chi connectivity index (χ3n) is 4.63. The predicted molar refractivity (Wildman–Crippen MR) is 104 cm³/mol. The number of nitrogens with one attached hydrogen (secondary N) is 1. The number of carbonyl (C=O) groups is 2. The van der Waals surface area contributed by atoms with Gasteiger partial charge in [0.1, 0.15) is 5.82 Å². The predicted octanol–water partition coefficient (Wildman–Crippen LogP) is 4.42. The minimum Gasteiger partial charge on any atom is -0.340 e. The first kappa shape index (κ1) is 18.6. The molecular weight excluding hydrogens is 343 g/mol. The lowest BCUT2D eigenvalue weighted by Gasteiger charge is -2.11. The number of ketones is 1. The third kappa shape index (κ3) is 4.14. The van der Waals surface area contributed by atoms with Gasteiger partial charge in [-0.15, -0.1) is 0 Å². The van der Waals surface area contributed by atoms with Gasteiger partial charge < -0.3 is 9.88 Å². The second-order valence-electron chi connectivity index (χ2n) is 6.68. The van der Waals surface area contributed by atoms with Crippen molar-refractivity contribution in [3.63, 3.8) is 0 Å². The first-order valence-corrected chi connectivity index (χ1v) is 8.68. The van der Waals surface area contributed by atoms with Crippen LogP contribution in [0.4, 0.5) is 10.1 Å². The first-order valence-electron chi connectivity index (χ1n) is 8.68. The second kappa shape index (κ2) is 7.58. The molecule has 1 amide bonds. The van der Waals surface area contributed by atoms with Crippen LogP contribution in [0.2, 0.25) is 0 Å². The monoisotopic (exact) mass is 364 g/mol. The number of rotatable bonds is 5. The van der Waals surface area contributed by atoms with Crippen molar-refractivity contribution in [1.82, 2.24) is 4.57 Å². The van der Waals surface area contributed by atoms with Crippen LogP contribution in [0.3, 0.4) is 0 Å². The molecule has 4 nitrogen and oxygen atoms in total. The zero-order valence-corrected chi connectivity index (χ0v) is 15.5.